The van der Waals surface area contributed by atoms with Crippen molar-refractivity contribution in [3.63, 3.8) is 0 Å². The Balaban J connectivity index is 2.51. The van der Waals surface area contributed by atoms with Gasteiger partial charge in [0.05, 0.1) is 11.3 Å². The van der Waals surface area contributed by atoms with Crippen molar-refractivity contribution >= 4 is 49.2 Å². The van der Waals surface area contributed by atoms with Crippen LogP contribution >= 0.6 is 31.9 Å². The number of carbonyl (C=O) groups is 2. The molecule has 78 valence electrons. The number of nitrogens with zero attached hydrogens (tertiary/aromatic N) is 1. The number of fused-ring (bicyclic) bond motifs is 1. The highest BCUT2D eigenvalue weighted by Crippen LogP contribution is 2.31. The summed E-state index contributed by atoms with van der Waals surface area (Å²) in [5.41, 5.74) is 1.18. The highest BCUT2D eigenvalue weighted by molar-refractivity contribution is 9.10. The van der Waals surface area contributed by atoms with Crippen LogP contribution in [0.2, 0.25) is 0 Å². The number of halogens is 2. The lowest BCUT2D eigenvalue weighted by Gasteiger charge is -2.14. The Hall–Kier alpha value is -0.680. The van der Waals surface area contributed by atoms with Gasteiger partial charge >= 0.3 is 0 Å². The molecule has 1 aliphatic heterocycles. The maximum absolute atomic E-state index is 11.6. The van der Waals surface area contributed by atoms with E-state index in [0.29, 0.717) is 23.1 Å². The topological polar surface area (TPSA) is 37.4 Å². The Kier molecular flexibility index (Phi) is 2.93. The summed E-state index contributed by atoms with van der Waals surface area (Å²) in [6.07, 6.45) is 0. The third-order valence-corrected chi connectivity index (χ3v) is 3.09. The first-order valence-electron chi connectivity index (χ1n) is 4.37. The van der Waals surface area contributed by atoms with E-state index in [1.54, 1.807) is 18.2 Å². The van der Waals surface area contributed by atoms with Crippen LogP contribution in [0.4, 0.5) is 5.69 Å². The molecule has 2 rings (SSSR count). The maximum Gasteiger partial charge on any atom is 0.299 e. The van der Waals surface area contributed by atoms with Crippen molar-refractivity contribution in [2.24, 2.45) is 0 Å². The van der Waals surface area contributed by atoms with Crippen molar-refractivity contribution in [2.75, 3.05) is 16.8 Å². The molecule has 0 unspecified atom stereocenters. The molecule has 0 saturated heterocycles. The molecule has 0 fully saturated rings. The summed E-state index contributed by atoms with van der Waals surface area (Å²) in [6, 6.07) is 5.23. The van der Waals surface area contributed by atoms with E-state index >= 15 is 0 Å². The molecule has 1 amide bonds. The van der Waals surface area contributed by atoms with Gasteiger partial charge in [0, 0.05) is 16.3 Å². The Labute approximate surface area is 104 Å². The Bertz CT molecular complexity index is 445. The van der Waals surface area contributed by atoms with Gasteiger partial charge in [0.2, 0.25) is 0 Å². The van der Waals surface area contributed by atoms with Gasteiger partial charge in [-0.2, -0.15) is 0 Å². The van der Waals surface area contributed by atoms with Crippen LogP contribution in [0.3, 0.4) is 0 Å². The second-order valence-corrected chi connectivity index (χ2v) is 4.85. The van der Waals surface area contributed by atoms with Crippen LogP contribution in [0.1, 0.15) is 10.4 Å². The monoisotopic (exact) mass is 331 g/mol. The Morgan fingerprint density at radius 3 is 2.67 bits per heavy atom. The third kappa shape index (κ3) is 1.74. The van der Waals surface area contributed by atoms with Crippen LogP contribution in [0.5, 0.6) is 0 Å². The van der Waals surface area contributed by atoms with E-state index in [1.165, 1.54) is 4.90 Å². The maximum atomic E-state index is 11.6. The molecule has 0 spiro atoms. The second kappa shape index (κ2) is 4.06. The van der Waals surface area contributed by atoms with Gasteiger partial charge < -0.3 is 4.90 Å². The van der Waals surface area contributed by atoms with E-state index in [2.05, 4.69) is 31.9 Å². The summed E-state index contributed by atoms with van der Waals surface area (Å²) < 4.78 is 0.864. The lowest BCUT2D eigenvalue weighted by atomic mass is 10.1. The molecule has 1 aromatic rings. The smallest absolute Gasteiger partial charge is 0.299 e. The first-order valence-corrected chi connectivity index (χ1v) is 6.28. The second-order valence-electron chi connectivity index (χ2n) is 3.14. The summed E-state index contributed by atoms with van der Waals surface area (Å²) >= 11 is 6.58. The van der Waals surface area contributed by atoms with E-state index < -0.39 is 11.7 Å². The highest BCUT2D eigenvalue weighted by atomic mass is 79.9. The molecule has 0 aliphatic carbocycles. The predicted octanol–water partition coefficient (Wildman–Crippen LogP) is 2.37. The summed E-state index contributed by atoms with van der Waals surface area (Å²) in [5, 5.41) is 0.651. The average Bonchev–Trinajstić information content (AvgIpc) is 2.44. The number of anilines is 1. The molecule has 1 aliphatic rings. The molecule has 3 nitrogen and oxygen atoms in total. The van der Waals surface area contributed by atoms with E-state index in [1.807, 2.05) is 0 Å². The summed E-state index contributed by atoms with van der Waals surface area (Å²) in [4.78, 5) is 24.7. The fourth-order valence-corrected chi connectivity index (χ4v) is 2.28. The molecular formula is C10H7Br2NO2. The zero-order valence-corrected chi connectivity index (χ0v) is 10.8. The summed E-state index contributed by atoms with van der Waals surface area (Å²) in [5.74, 6) is -0.860. The zero-order chi connectivity index (χ0) is 11.0. The SMILES string of the molecule is O=C1C(=O)N(CCBr)c2cc(Br)ccc21. The molecule has 0 bridgehead atoms. The van der Waals surface area contributed by atoms with Gasteiger partial charge in [0.15, 0.2) is 0 Å². The van der Waals surface area contributed by atoms with E-state index in [4.69, 9.17) is 0 Å². The van der Waals surface area contributed by atoms with Crippen molar-refractivity contribution in [3.8, 4) is 0 Å². The molecule has 15 heavy (non-hydrogen) atoms. The van der Waals surface area contributed by atoms with Gasteiger partial charge in [-0.1, -0.05) is 31.9 Å². The van der Waals surface area contributed by atoms with Crippen LogP contribution in [0.15, 0.2) is 22.7 Å². The number of alkyl halides is 1. The first kappa shape index (κ1) is 10.8. The molecule has 0 radical (unpaired) electrons. The Morgan fingerprint density at radius 1 is 1.27 bits per heavy atom. The van der Waals surface area contributed by atoms with E-state index in [-0.39, 0.29) is 0 Å². The predicted molar refractivity (Wildman–Crippen MR) is 64.6 cm³/mol. The molecular weight excluding hydrogens is 326 g/mol. The lowest BCUT2D eigenvalue weighted by molar-refractivity contribution is -0.114. The number of benzene rings is 1. The van der Waals surface area contributed by atoms with Crippen molar-refractivity contribution < 1.29 is 9.59 Å². The Morgan fingerprint density at radius 2 is 2.00 bits per heavy atom. The average molecular weight is 333 g/mol. The van der Waals surface area contributed by atoms with Gasteiger partial charge in [-0.15, -0.1) is 0 Å². The third-order valence-electron chi connectivity index (χ3n) is 2.24. The number of hydrogen-bond donors (Lipinski definition) is 0. The van der Waals surface area contributed by atoms with E-state index in [0.717, 1.165) is 4.47 Å². The standard InChI is InChI=1S/C10H7Br2NO2/c11-3-4-13-8-5-6(12)1-2-7(8)9(14)10(13)15/h1-2,5H,3-4H2. The van der Waals surface area contributed by atoms with Crippen LogP contribution in [0.25, 0.3) is 0 Å². The normalized spacial score (nSPS) is 14.7. The van der Waals surface area contributed by atoms with Gasteiger partial charge in [-0.25, -0.2) is 0 Å². The number of Topliss-reactive ketones (excluding diaryl/α,β-unsaturated/α-hetero) is 1. The molecule has 5 heteroatoms. The molecule has 1 aromatic carbocycles. The van der Waals surface area contributed by atoms with Crippen LogP contribution in [-0.2, 0) is 4.79 Å². The molecule has 0 saturated carbocycles. The number of hydrogen-bond acceptors (Lipinski definition) is 2. The van der Waals surface area contributed by atoms with Gasteiger partial charge in [-0.3, -0.25) is 9.59 Å². The number of rotatable bonds is 2. The van der Waals surface area contributed by atoms with Crippen LogP contribution < -0.4 is 4.90 Å². The van der Waals surface area contributed by atoms with E-state index in [9.17, 15) is 9.59 Å². The zero-order valence-electron chi connectivity index (χ0n) is 7.67. The largest absolute Gasteiger partial charge is 0.304 e. The minimum absolute atomic E-state index is 0.418. The van der Waals surface area contributed by atoms with Gasteiger partial charge in [0.1, 0.15) is 0 Å². The molecule has 0 aromatic heterocycles. The minimum Gasteiger partial charge on any atom is -0.304 e. The minimum atomic E-state index is -0.442. The van der Waals surface area contributed by atoms with Crippen LogP contribution in [0, 0.1) is 0 Å². The van der Waals surface area contributed by atoms with Crippen molar-refractivity contribution in [2.45, 2.75) is 0 Å². The van der Waals surface area contributed by atoms with Crippen molar-refractivity contribution in [3.05, 3.63) is 28.2 Å². The van der Waals surface area contributed by atoms with Gasteiger partial charge in [0.25, 0.3) is 11.7 Å². The fraction of sp³-hybridized carbons (Fsp3) is 0.200. The summed E-state index contributed by atoms with van der Waals surface area (Å²) in [7, 11) is 0. The quantitative estimate of drug-likeness (QED) is 0.616. The fourth-order valence-electron chi connectivity index (χ4n) is 1.57. The number of ketones is 1. The van der Waals surface area contributed by atoms with Crippen LogP contribution in [-0.4, -0.2) is 23.6 Å². The highest BCUT2D eigenvalue weighted by Gasteiger charge is 2.35. The molecule has 0 N–H and O–H groups in total. The summed E-state index contributed by atoms with van der Waals surface area (Å²) in [6.45, 7) is 0.508. The number of carbonyl (C=O) groups excluding carboxylic acids is 2. The lowest BCUT2D eigenvalue weighted by Crippen LogP contribution is -2.31. The van der Waals surface area contributed by atoms with Crippen molar-refractivity contribution in [1.82, 2.24) is 0 Å². The molecule has 0 atom stereocenters. The molecule has 1 heterocycles. The number of amides is 1. The first-order chi connectivity index (χ1) is 7.15. The van der Waals surface area contributed by atoms with Gasteiger partial charge in [-0.05, 0) is 18.2 Å². The van der Waals surface area contributed by atoms with Crippen molar-refractivity contribution in [1.29, 1.82) is 0 Å².